The van der Waals surface area contributed by atoms with Crippen LogP contribution < -0.4 is 9.47 Å². The van der Waals surface area contributed by atoms with Gasteiger partial charge in [0.2, 0.25) is 12.7 Å². The highest BCUT2D eigenvalue weighted by Gasteiger charge is 2.48. The van der Waals surface area contributed by atoms with Crippen molar-refractivity contribution >= 4 is 11.9 Å². The Labute approximate surface area is 235 Å². The fourth-order valence-corrected chi connectivity index (χ4v) is 6.29. The van der Waals surface area contributed by atoms with Crippen LogP contribution in [0, 0.1) is 11.3 Å². The summed E-state index contributed by atoms with van der Waals surface area (Å²) in [6, 6.07) is 5.55. The lowest BCUT2D eigenvalue weighted by Gasteiger charge is -2.35. The second-order valence-electron chi connectivity index (χ2n) is 12.4. The van der Waals surface area contributed by atoms with Crippen LogP contribution in [0.2, 0.25) is 0 Å². The third kappa shape index (κ3) is 8.58. The topological polar surface area (TPSA) is 82.5 Å². The molecular formula is C31H51N3O5. The minimum atomic E-state index is -0.795. The molecule has 0 aromatic heterocycles. The monoisotopic (exact) mass is 545 g/mol. The Morgan fingerprint density at radius 2 is 1.72 bits per heavy atom. The maximum Gasteiger partial charge on any atom is 0.308 e. The molecule has 1 amide bonds. The first-order chi connectivity index (χ1) is 18.6. The summed E-state index contributed by atoms with van der Waals surface area (Å²) in [5, 5.41) is 10.5. The van der Waals surface area contributed by atoms with Gasteiger partial charge in [-0.1, -0.05) is 46.6 Å². The number of hydrogen-bond acceptors (Lipinski definition) is 6. The molecule has 220 valence electrons. The number of unbranched alkanes of at least 4 members (excludes halogenated alkanes) is 2. The van der Waals surface area contributed by atoms with Gasteiger partial charge >= 0.3 is 5.97 Å². The van der Waals surface area contributed by atoms with Gasteiger partial charge in [-0.05, 0) is 75.9 Å². The van der Waals surface area contributed by atoms with Crippen molar-refractivity contribution in [1.82, 2.24) is 14.7 Å². The van der Waals surface area contributed by atoms with Gasteiger partial charge in [0.05, 0.1) is 12.5 Å². The standard InChI is InChI=1S/C31H51N3O5/c1-7-9-16-33(17-11-10-15-32(5)6)28(35)21-34-20-24(23-12-13-26-27(18-23)39-22-38-26)29(30(36)37)25(34)19-31(3,4)14-8-2/h12-13,18,24-25,29H,7-11,14-17,19-22H2,1-6H3,(H,36,37)/t24-,25+,29-/m1/s1. The van der Waals surface area contributed by atoms with E-state index in [-0.39, 0.29) is 36.6 Å². The molecule has 0 aliphatic carbocycles. The second kappa shape index (κ2) is 14.4. The van der Waals surface area contributed by atoms with Crippen molar-refractivity contribution in [2.45, 2.75) is 84.6 Å². The summed E-state index contributed by atoms with van der Waals surface area (Å²) in [6.45, 7) is 12.3. The third-order valence-corrected chi connectivity index (χ3v) is 8.30. The van der Waals surface area contributed by atoms with Gasteiger partial charge in [0.1, 0.15) is 0 Å². The van der Waals surface area contributed by atoms with Crippen LogP contribution in [-0.4, -0.2) is 91.3 Å². The summed E-state index contributed by atoms with van der Waals surface area (Å²) in [6.07, 6.45) is 6.83. The van der Waals surface area contributed by atoms with Gasteiger partial charge in [-0.2, -0.15) is 0 Å². The number of aliphatic carboxylic acids is 1. The molecule has 3 rings (SSSR count). The molecule has 0 saturated carbocycles. The van der Waals surface area contributed by atoms with E-state index in [9.17, 15) is 14.7 Å². The SMILES string of the molecule is CCCCN(CCCCN(C)C)C(=O)CN1C[C@H](c2ccc3c(c2)OCO3)[C@@H](C(=O)O)[C@@H]1CC(C)(C)CCC. The number of carbonyl (C=O) groups is 2. The van der Waals surface area contributed by atoms with Gasteiger partial charge in [-0.3, -0.25) is 14.5 Å². The lowest BCUT2D eigenvalue weighted by atomic mass is 9.76. The van der Waals surface area contributed by atoms with Gasteiger partial charge in [0, 0.05) is 31.6 Å². The van der Waals surface area contributed by atoms with Gasteiger partial charge in [-0.25, -0.2) is 0 Å². The van der Waals surface area contributed by atoms with Crippen LogP contribution in [0.3, 0.4) is 0 Å². The average molecular weight is 546 g/mol. The Kier molecular flexibility index (Phi) is 11.5. The minimum Gasteiger partial charge on any atom is -0.481 e. The summed E-state index contributed by atoms with van der Waals surface area (Å²) in [7, 11) is 4.14. The Morgan fingerprint density at radius 1 is 1.03 bits per heavy atom. The largest absolute Gasteiger partial charge is 0.481 e. The molecule has 39 heavy (non-hydrogen) atoms. The number of carboxylic acids is 1. The first kappa shape index (κ1) is 31.2. The van der Waals surface area contributed by atoms with Gasteiger partial charge in [0.15, 0.2) is 11.5 Å². The molecule has 2 heterocycles. The van der Waals surface area contributed by atoms with Crippen LogP contribution >= 0.6 is 0 Å². The molecule has 1 N–H and O–H groups in total. The van der Waals surface area contributed by atoms with E-state index >= 15 is 0 Å². The first-order valence-electron chi connectivity index (χ1n) is 14.8. The van der Waals surface area contributed by atoms with E-state index in [0.29, 0.717) is 18.0 Å². The molecule has 0 bridgehead atoms. The fraction of sp³-hybridized carbons (Fsp3) is 0.742. The second-order valence-corrected chi connectivity index (χ2v) is 12.4. The zero-order chi connectivity index (χ0) is 28.6. The van der Waals surface area contributed by atoms with Crippen molar-refractivity contribution in [3.8, 4) is 11.5 Å². The molecule has 0 unspecified atom stereocenters. The zero-order valence-electron chi connectivity index (χ0n) is 25.1. The van der Waals surface area contributed by atoms with Crippen molar-refractivity contribution in [3.05, 3.63) is 23.8 Å². The number of rotatable bonds is 16. The number of carboxylic acid groups (broad SMARTS) is 1. The zero-order valence-corrected chi connectivity index (χ0v) is 25.1. The summed E-state index contributed by atoms with van der Waals surface area (Å²) in [5.74, 6) is -0.150. The first-order valence-corrected chi connectivity index (χ1v) is 14.8. The van der Waals surface area contributed by atoms with Gasteiger partial charge in [-0.15, -0.1) is 0 Å². The molecular weight excluding hydrogens is 494 g/mol. The summed E-state index contributed by atoms with van der Waals surface area (Å²) >= 11 is 0. The molecule has 1 aromatic carbocycles. The average Bonchev–Trinajstić information content (AvgIpc) is 3.47. The third-order valence-electron chi connectivity index (χ3n) is 8.30. The quantitative estimate of drug-likeness (QED) is 0.290. The molecule has 1 aromatic rings. The van der Waals surface area contributed by atoms with Crippen LogP contribution in [0.1, 0.15) is 84.1 Å². The lowest BCUT2D eigenvalue weighted by Crippen LogP contribution is -2.46. The molecule has 2 aliphatic rings. The van der Waals surface area contributed by atoms with E-state index in [1.807, 2.05) is 23.1 Å². The van der Waals surface area contributed by atoms with Crippen molar-refractivity contribution < 1.29 is 24.2 Å². The van der Waals surface area contributed by atoms with Crippen molar-refractivity contribution in [2.75, 3.05) is 53.6 Å². The normalized spacial score (nSPS) is 21.1. The molecule has 2 aliphatic heterocycles. The van der Waals surface area contributed by atoms with Crippen LogP contribution in [0.4, 0.5) is 0 Å². The molecule has 8 heteroatoms. The maximum atomic E-state index is 13.7. The van der Waals surface area contributed by atoms with Crippen molar-refractivity contribution in [3.63, 3.8) is 0 Å². The van der Waals surface area contributed by atoms with E-state index in [2.05, 4.69) is 51.6 Å². The predicted octanol–water partition coefficient (Wildman–Crippen LogP) is 5.07. The Balaban J connectivity index is 1.85. The van der Waals surface area contributed by atoms with E-state index in [1.165, 1.54) is 0 Å². The number of carbonyl (C=O) groups excluding carboxylic acids is 1. The smallest absolute Gasteiger partial charge is 0.308 e. The van der Waals surface area contributed by atoms with Gasteiger partial charge < -0.3 is 24.4 Å². The summed E-state index contributed by atoms with van der Waals surface area (Å²) < 4.78 is 11.1. The lowest BCUT2D eigenvalue weighted by molar-refractivity contribution is -0.144. The Hall–Kier alpha value is -2.32. The molecule has 3 atom stereocenters. The fourth-order valence-electron chi connectivity index (χ4n) is 6.29. The maximum absolute atomic E-state index is 13.7. The van der Waals surface area contributed by atoms with Crippen LogP contribution in [0.5, 0.6) is 11.5 Å². The summed E-state index contributed by atoms with van der Waals surface area (Å²) in [5.41, 5.74) is 0.915. The highest BCUT2D eigenvalue weighted by atomic mass is 16.7. The van der Waals surface area contributed by atoms with E-state index in [1.54, 1.807) is 0 Å². The highest BCUT2D eigenvalue weighted by molar-refractivity contribution is 5.79. The van der Waals surface area contributed by atoms with E-state index in [0.717, 1.165) is 70.1 Å². The predicted molar refractivity (Wildman–Crippen MR) is 154 cm³/mol. The van der Waals surface area contributed by atoms with E-state index in [4.69, 9.17) is 9.47 Å². The number of likely N-dealkylation sites (tertiary alicyclic amines) is 1. The Morgan fingerprint density at radius 3 is 2.38 bits per heavy atom. The number of hydrogen-bond donors (Lipinski definition) is 1. The molecule has 1 saturated heterocycles. The molecule has 8 nitrogen and oxygen atoms in total. The highest BCUT2D eigenvalue weighted by Crippen LogP contribution is 2.45. The number of amides is 1. The number of benzene rings is 1. The molecule has 0 radical (unpaired) electrons. The number of ether oxygens (including phenoxy) is 2. The van der Waals surface area contributed by atoms with Crippen molar-refractivity contribution in [2.24, 2.45) is 11.3 Å². The summed E-state index contributed by atoms with van der Waals surface area (Å²) in [4.78, 5) is 32.9. The van der Waals surface area contributed by atoms with Gasteiger partial charge in [0.25, 0.3) is 0 Å². The number of fused-ring (bicyclic) bond motifs is 1. The minimum absolute atomic E-state index is 0.0216. The molecule has 1 fully saturated rings. The van der Waals surface area contributed by atoms with Crippen LogP contribution in [0.15, 0.2) is 18.2 Å². The van der Waals surface area contributed by atoms with E-state index < -0.39 is 11.9 Å². The Bertz CT molecular complexity index is 950. The van der Waals surface area contributed by atoms with Crippen molar-refractivity contribution in [1.29, 1.82) is 0 Å². The molecule has 0 spiro atoms. The van der Waals surface area contributed by atoms with Crippen LogP contribution in [0.25, 0.3) is 0 Å². The van der Waals surface area contributed by atoms with Crippen LogP contribution in [-0.2, 0) is 9.59 Å². The number of nitrogens with zero attached hydrogens (tertiary/aromatic N) is 3.